The number of ether oxygens (including phenoxy) is 2. The molecule has 1 heterocycles. The largest absolute Gasteiger partial charge is 0.507 e. The smallest absolute Gasteiger partial charge is 0.300 e. The van der Waals surface area contributed by atoms with Gasteiger partial charge in [-0.15, -0.1) is 0 Å². The van der Waals surface area contributed by atoms with Crippen molar-refractivity contribution >= 4 is 23.1 Å². The van der Waals surface area contributed by atoms with Gasteiger partial charge in [-0.05, 0) is 73.4 Å². The maximum atomic E-state index is 13.6. The van der Waals surface area contributed by atoms with Gasteiger partial charge in [0.2, 0.25) is 0 Å². The van der Waals surface area contributed by atoms with Gasteiger partial charge in [-0.3, -0.25) is 14.5 Å². The van der Waals surface area contributed by atoms with E-state index in [0.717, 1.165) is 22.3 Å². The van der Waals surface area contributed by atoms with E-state index in [1.165, 1.54) is 4.90 Å². The minimum Gasteiger partial charge on any atom is -0.507 e. The Morgan fingerprint density at radius 2 is 1.55 bits per heavy atom. The molecule has 1 aliphatic rings. The lowest BCUT2D eigenvalue weighted by Crippen LogP contribution is -2.30. The Balaban J connectivity index is 1.61. The number of carbonyl (C=O) groups excluding carboxylic acids is 2. The molecule has 0 spiro atoms. The summed E-state index contributed by atoms with van der Waals surface area (Å²) in [5, 5.41) is 11.6. The fourth-order valence-corrected chi connectivity index (χ4v) is 5.11. The lowest BCUT2D eigenvalue weighted by atomic mass is 9.93. The predicted molar refractivity (Wildman–Crippen MR) is 156 cm³/mol. The standard InChI is InChI=1S/C34H31NO5/c1-21-11-10-15-27(23(21)3)35-31(26-14-8-9-16-29(26)39-4)30(33(37)34(35)38)32(36)25-17-18-28(22(2)19-25)40-20-24-12-6-5-7-13-24/h5-19,31,36H,20H2,1-4H3/b32-30+. The van der Waals surface area contributed by atoms with Crippen molar-refractivity contribution in [2.45, 2.75) is 33.4 Å². The van der Waals surface area contributed by atoms with E-state index in [1.807, 2.05) is 87.5 Å². The first-order valence-electron chi connectivity index (χ1n) is 13.1. The second-order valence-corrected chi connectivity index (χ2v) is 9.88. The van der Waals surface area contributed by atoms with E-state index in [9.17, 15) is 14.7 Å². The van der Waals surface area contributed by atoms with Crippen LogP contribution in [-0.4, -0.2) is 23.9 Å². The van der Waals surface area contributed by atoms with Crippen molar-refractivity contribution in [2.24, 2.45) is 0 Å². The van der Waals surface area contributed by atoms with E-state index < -0.39 is 17.7 Å². The second-order valence-electron chi connectivity index (χ2n) is 9.88. The van der Waals surface area contributed by atoms with Crippen LogP contribution >= 0.6 is 0 Å². The third kappa shape index (κ3) is 4.84. The molecule has 4 aromatic carbocycles. The third-order valence-electron chi connectivity index (χ3n) is 7.40. The van der Waals surface area contributed by atoms with Crippen LogP contribution in [0.1, 0.15) is 39.4 Å². The number of benzene rings is 4. The number of rotatable bonds is 7. The number of nitrogens with zero attached hydrogens (tertiary/aromatic N) is 1. The lowest BCUT2D eigenvalue weighted by molar-refractivity contribution is -0.132. The van der Waals surface area contributed by atoms with Crippen molar-refractivity contribution in [1.29, 1.82) is 0 Å². The molecular formula is C34H31NO5. The highest BCUT2D eigenvalue weighted by atomic mass is 16.5. The third-order valence-corrected chi connectivity index (χ3v) is 7.40. The van der Waals surface area contributed by atoms with E-state index >= 15 is 0 Å². The maximum absolute atomic E-state index is 13.6. The number of methoxy groups -OCH3 is 1. The van der Waals surface area contributed by atoms with Gasteiger partial charge in [-0.25, -0.2) is 0 Å². The average Bonchev–Trinajstić information content (AvgIpc) is 3.23. The molecule has 6 nitrogen and oxygen atoms in total. The highest BCUT2D eigenvalue weighted by Gasteiger charge is 2.48. The Morgan fingerprint density at radius 1 is 0.825 bits per heavy atom. The van der Waals surface area contributed by atoms with Crippen LogP contribution in [0, 0.1) is 20.8 Å². The van der Waals surface area contributed by atoms with Gasteiger partial charge in [0.15, 0.2) is 0 Å². The number of carbonyl (C=O) groups is 2. The van der Waals surface area contributed by atoms with E-state index in [1.54, 1.807) is 31.4 Å². The van der Waals surface area contributed by atoms with Gasteiger partial charge in [0.05, 0.1) is 18.7 Å². The summed E-state index contributed by atoms with van der Waals surface area (Å²) >= 11 is 0. The molecule has 1 fully saturated rings. The van der Waals surface area contributed by atoms with Crippen molar-refractivity contribution in [3.05, 3.63) is 130 Å². The molecule has 0 saturated carbocycles. The highest BCUT2D eigenvalue weighted by Crippen LogP contribution is 2.46. The topological polar surface area (TPSA) is 76.1 Å². The number of aryl methyl sites for hydroxylation is 2. The minimum absolute atomic E-state index is 0.00719. The zero-order valence-electron chi connectivity index (χ0n) is 23.0. The van der Waals surface area contributed by atoms with Gasteiger partial charge in [0.1, 0.15) is 23.9 Å². The van der Waals surface area contributed by atoms with E-state index in [4.69, 9.17) is 9.47 Å². The SMILES string of the molecule is COc1ccccc1C1/C(=C(\O)c2ccc(OCc3ccccc3)c(C)c2)C(=O)C(=O)N1c1cccc(C)c1C. The number of para-hydroxylation sites is 1. The molecule has 0 aliphatic carbocycles. The molecule has 202 valence electrons. The molecule has 1 amide bonds. The normalized spacial score (nSPS) is 16.3. The summed E-state index contributed by atoms with van der Waals surface area (Å²) in [6.07, 6.45) is 0. The first-order chi connectivity index (χ1) is 19.3. The summed E-state index contributed by atoms with van der Waals surface area (Å²) in [6, 6.07) is 27.1. The molecule has 6 heteroatoms. The van der Waals surface area contributed by atoms with Crippen LogP contribution in [-0.2, 0) is 16.2 Å². The minimum atomic E-state index is -0.883. The van der Waals surface area contributed by atoms with Crippen LogP contribution in [0.15, 0.2) is 96.6 Å². The summed E-state index contributed by atoms with van der Waals surface area (Å²) in [4.78, 5) is 28.7. The summed E-state index contributed by atoms with van der Waals surface area (Å²) in [5.41, 5.74) is 5.33. The Labute approximate surface area is 234 Å². The number of anilines is 1. The Kier molecular flexibility index (Phi) is 7.43. The van der Waals surface area contributed by atoms with Crippen molar-refractivity contribution in [3.63, 3.8) is 0 Å². The van der Waals surface area contributed by atoms with Crippen molar-refractivity contribution in [3.8, 4) is 11.5 Å². The number of ketones is 1. The van der Waals surface area contributed by atoms with Crippen molar-refractivity contribution in [1.82, 2.24) is 0 Å². The number of hydrogen-bond acceptors (Lipinski definition) is 5. The highest BCUT2D eigenvalue weighted by molar-refractivity contribution is 6.51. The van der Waals surface area contributed by atoms with Crippen LogP contribution in [0.3, 0.4) is 0 Å². The summed E-state index contributed by atoms with van der Waals surface area (Å²) in [6.45, 7) is 6.16. The van der Waals surface area contributed by atoms with Crippen molar-refractivity contribution < 1.29 is 24.2 Å². The summed E-state index contributed by atoms with van der Waals surface area (Å²) < 4.78 is 11.6. The molecule has 1 aliphatic heterocycles. The first kappa shape index (κ1) is 26.8. The van der Waals surface area contributed by atoms with Crippen LogP contribution in [0.25, 0.3) is 5.76 Å². The van der Waals surface area contributed by atoms with Gasteiger partial charge >= 0.3 is 0 Å². The number of hydrogen-bond donors (Lipinski definition) is 1. The van der Waals surface area contributed by atoms with Gasteiger partial charge in [-0.1, -0.05) is 60.7 Å². The molecule has 0 radical (unpaired) electrons. The van der Waals surface area contributed by atoms with Gasteiger partial charge < -0.3 is 14.6 Å². The van der Waals surface area contributed by atoms with Crippen LogP contribution in [0.5, 0.6) is 11.5 Å². The first-order valence-corrected chi connectivity index (χ1v) is 13.1. The lowest BCUT2D eigenvalue weighted by Gasteiger charge is -2.28. The number of aliphatic hydroxyl groups is 1. The fraction of sp³-hybridized carbons (Fsp3) is 0.176. The Hall–Kier alpha value is -4.84. The zero-order chi connectivity index (χ0) is 28.4. The van der Waals surface area contributed by atoms with E-state index in [-0.39, 0.29) is 11.3 Å². The van der Waals surface area contributed by atoms with Crippen LogP contribution < -0.4 is 14.4 Å². The summed E-state index contributed by atoms with van der Waals surface area (Å²) in [7, 11) is 1.54. The maximum Gasteiger partial charge on any atom is 0.300 e. The van der Waals surface area contributed by atoms with Crippen LogP contribution in [0.2, 0.25) is 0 Å². The molecule has 1 N–H and O–H groups in total. The Morgan fingerprint density at radius 3 is 2.27 bits per heavy atom. The zero-order valence-corrected chi connectivity index (χ0v) is 23.0. The van der Waals surface area contributed by atoms with Gasteiger partial charge in [0.25, 0.3) is 11.7 Å². The number of aliphatic hydroxyl groups excluding tert-OH is 1. The summed E-state index contributed by atoms with van der Waals surface area (Å²) in [5.74, 6) is -0.532. The number of amides is 1. The van der Waals surface area contributed by atoms with E-state index in [0.29, 0.717) is 34.9 Å². The predicted octanol–water partition coefficient (Wildman–Crippen LogP) is 6.83. The monoisotopic (exact) mass is 533 g/mol. The van der Waals surface area contributed by atoms with E-state index in [2.05, 4.69) is 0 Å². The molecular weight excluding hydrogens is 502 g/mol. The molecule has 1 atom stereocenters. The molecule has 1 unspecified atom stereocenters. The van der Waals surface area contributed by atoms with Crippen molar-refractivity contribution in [2.75, 3.05) is 12.0 Å². The van der Waals surface area contributed by atoms with Gasteiger partial charge in [0, 0.05) is 16.8 Å². The molecule has 40 heavy (non-hydrogen) atoms. The molecule has 4 aromatic rings. The molecule has 5 rings (SSSR count). The quantitative estimate of drug-likeness (QED) is 0.160. The second kappa shape index (κ2) is 11.1. The molecule has 1 saturated heterocycles. The molecule has 0 aromatic heterocycles. The molecule has 0 bridgehead atoms. The fourth-order valence-electron chi connectivity index (χ4n) is 5.11. The van der Waals surface area contributed by atoms with Gasteiger partial charge in [-0.2, -0.15) is 0 Å². The Bertz CT molecular complexity index is 1620. The number of Topliss-reactive ketones (excluding diaryl/α,β-unsaturated/α-hetero) is 1. The van der Waals surface area contributed by atoms with Crippen LogP contribution in [0.4, 0.5) is 5.69 Å². The average molecular weight is 534 g/mol.